The summed E-state index contributed by atoms with van der Waals surface area (Å²) in [4.78, 5) is 26.8. The van der Waals surface area contributed by atoms with Gasteiger partial charge in [0.1, 0.15) is 0 Å². The predicted molar refractivity (Wildman–Crippen MR) is 90.2 cm³/mol. The van der Waals surface area contributed by atoms with Crippen molar-refractivity contribution in [2.75, 3.05) is 14.2 Å². The van der Waals surface area contributed by atoms with Crippen molar-refractivity contribution < 1.29 is 19.1 Å². The predicted octanol–water partition coefficient (Wildman–Crippen LogP) is 3.27. The van der Waals surface area contributed by atoms with Crippen LogP contribution >= 0.6 is 0 Å². The molecule has 3 rings (SSSR count). The molecule has 5 nitrogen and oxygen atoms in total. The molecule has 0 atom stereocenters. The summed E-state index contributed by atoms with van der Waals surface area (Å²) in [6, 6.07) is 5.74. The molecule has 0 spiro atoms. The van der Waals surface area contributed by atoms with E-state index in [0.717, 1.165) is 31.2 Å². The van der Waals surface area contributed by atoms with Crippen LogP contribution in [-0.2, 0) is 9.59 Å². The topological polar surface area (TPSA) is 55.8 Å². The van der Waals surface area contributed by atoms with Crippen molar-refractivity contribution >= 4 is 11.8 Å². The van der Waals surface area contributed by atoms with Crippen LogP contribution < -0.4 is 9.47 Å². The Morgan fingerprint density at radius 3 is 2.12 bits per heavy atom. The van der Waals surface area contributed by atoms with Gasteiger partial charge >= 0.3 is 0 Å². The molecule has 2 aliphatic rings. The normalized spacial score (nSPS) is 20.3. The Kier molecular flexibility index (Phi) is 5.07. The first-order valence-corrected chi connectivity index (χ1v) is 8.71. The Morgan fingerprint density at radius 1 is 0.917 bits per heavy atom. The Hall–Kier alpha value is -2.04. The maximum atomic E-state index is 12.6. The Balaban J connectivity index is 1.76. The third-order valence-electron chi connectivity index (χ3n) is 5.20. The second kappa shape index (κ2) is 7.24. The second-order valence-corrected chi connectivity index (χ2v) is 6.67. The monoisotopic (exact) mass is 331 g/mol. The molecular weight excluding hydrogens is 306 g/mol. The molecule has 24 heavy (non-hydrogen) atoms. The molecule has 1 heterocycles. The summed E-state index contributed by atoms with van der Waals surface area (Å²) in [5.74, 6) is 1.14. The number of carbonyl (C=O) groups excluding carboxylic acids is 2. The smallest absolute Gasteiger partial charge is 0.230 e. The molecule has 0 unspecified atom stereocenters. The van der Waals surface area contributed by atoms with Gasteiger partial charge in [-0.1, -0.05) is 25.3 Å². The first kappa shape index (κ1) is 16.8. The van der Waals surface area contributed by atoms with Crippen molar-refractivity contribution in [1.82, 2.24) is 4.90 Å². The van der Waals surface area contributed by atoms with Gasteiger partial charge in [-0.2, -0.15) is 0 Å². The van der Waals surface area contributed by atoms with Crippen LogP contribution in [0.3, 0.4) is 0 Å². The summed E-state index contributed by atoms with van der Waals surface area (Å²) in [6.45, 7) is 0. The minimum absolute atomic E-state index is 0.0297. The highest BCUT2D eigenvalue weighted by atomic mass is 16.5. The van der Waals surface area contributed by atoms with E-state index >= 15 is 0 Å². The van der Waals surface area contributed by atoms with Crippen molar-refractivity contribution in [2.24, 2.45) is 0 Å². The molecule has 5 heteroatoms. The molecule has 0 aromatic heterocycles. The average Bonchev–Trinajstić information content (AvgIpc) is 2.61. The fraction of sp³-hybridized carbons (Fsp3) is 0.579. The van der Waals surface area contributed by atoms with Gasteiger partial charge in [-0.05, 0) is 30.5 Å². The van der Waals surface area contributed by atoms with Gasteiger partial charge < -0.3 is 9.47 Å². The first-order valence-electron chi connectivity index (χ1n) is 8.71. The number of benzene rings is 1. The molecule has 0 radical (unpaired) electrons. The van der Waals surface area contributed by atoms with Gasteiger partial charge in [-0.25, -0.2) is 0 Å². The van der Waals surface area contributed by atoms with Gasteiger partial charge in [-0.15, -0.1) is 0 Å². The Morgan fingerprint density at radius 2 is 1.54 bits per heavy atom. The summed E-state index contributed by atoms with van der Waals surface area (Å²) in [7, 11) is 3.18. The molecule has 1 aliphatic carbocycles. The number of hydrogen-bond donors (Lipinski definition) is 0. The largest absolute Gasteiger partial charge is 0.493 e. The summed E-state index contributed by atoms with van der Waals surface area (Å²) >= 11 is 0. The fourth-order valence-corrected chi connectivity index (χ4v) is 3.92. The standard InChI is InChI=1S/C19H25NO4/c1-23-16-9-8-13(10-17(16)24-2)14-11-18(21)20(19(22)12-14)15-6-4-3-5-7-15/h8-10,14-15H,3-7,11-12H2,1-2H3. The van der Waals surface area contributed by atoms with Crippen molar-refractivity contribution in [2.45, 2.75) is 56.9 Å². The van der Waals surface area contributed by atoms with Crippen LogP contribution in [0.4, 0.5) is 0 Å². The van der Waals surface area contributed by atoms with E-state index in [9.17, 15) is 9.59 Å². The number of nitrogens with zero attached hydrogens (tertiary/aromatic N) is 1. The van der Waals surface area contributed by atoms with Crippen LogP contribution in [0.15, 0.2) is 18.2 Å². The average molecular weight is 331 g/mol. The maximum Gasteiger partial charge on any atom is 0.230 e. The van der Waals surface area contributed by atoms with Crippen molar-refractivity contribution in [3.05, 3.63) is 23.8 Å². The Labute approximate surface area is 142 Å². The van der Waals surface area contributed by atoms with Crippen LogP contribution in [0.2, 0.25) is 0 Å². The van der Waals surface area contributed by atoms with Crippen LogP contribution in [-0.4, -0.2) is 37.0 Å². The lowest BCUT2D eigenvalue weighted by molar-refractivity contribution is -0.152. The Bertz CT molecular complexity index is 604. The van der Waals surface area contributed by atoms with E-state index < -0.39 is 0 Å². The molecule has 2 fully saturated rings. The second-order valence-electron chi connectivity index (χ2n) is 6.67. The number of imide groups is 1. The molecule has 1 saturated heterocycles. The third kappa shape index (κ3) is 3.25. The zero-order valence-corrected chi connectivity index (χ0v) is 14.4. The molecule has 2 amide bonds. The summed E-state index contributed by atoms with van der Waals surface area (Å²) < 4.78 is 10.6. The van der Waals surface area contributed by atoms with Gasteiger partial charge in [0, 0.05) is 24.8 Å². The van der Waals surface area contributed by atoms with E-state index in [1.165, 1.54) is 6.42 Å². The van der Waals surface area contributed by atoms with Crippen LogP contribution in [0, 0.1) is 0 Å². The molecule has 130 valence electrons. The number of carbonyl (C=O) groups is 2. The summed E-state index contributed by atoms with van der Waals surface area (Å²) in [5, 5.41) is 0. The SMILES string of the molecule is COc1ccc(C2CC(=O)N(C3CCCCC3)C(=O)C2)cc1OC. The molecular formula is C19H25NO4. The molecule has 1 saturated carbocycles. The number of hydrogen-bond acceptors (Lipinski definition) is 4. The summed E-state index contributed by atoms with van der Waals surface area (Å²) in [5.41, 5.74) is 0.956. The highest BCUT2D eigenvalue weighted by molar-refractivity contribution is 5.99. The van der Waals surface area contributed by atoms with Gasteiger partial charge in [0.15, 0.2) is 11.5 Å². The maximum absolute atomic E-state index is 12.6. The number of methoxy groups -OCH3 is 2. The van der Waals surface area contributed by atoms with E-state index in [0.29, 0.717) is 24.3 Å². The van der Waals surface area contributed by atoms with E-state index in [2.05, 4.69) is 0 Å². The number of ether oxygens (including phenoxy) is 2. The highest BCUT2D eigenvalue weighted by Crippen LogP contribution is 2.37. The first-order chi connectivity index (χ1) is 11.6. The molecule has 0 bridgehead atoms. The minimum atomic E-state index is -0.0790. The minimum Gasteiger partial charge on any atom is -0.493 e. The van der Waals surface area contributed by atoms with Crippen molar-refractivity contribution in [3.8, 4) is 11.5 Å². The van der Waals surface area contributed by atoms with Crippen molar-refractivity contribution in [3.63, 3.8) is 0 Å². The van der Waals surface area contributed by atoms with E-state index in [4.69, 9.17) is 9.47 Å². The van der Waals surface area contributed by atoms with Gasteiger partial charge in [-0.3, -0.25) is 14.5 Å². The van der Waals surface area contributed by atoms with Crippen LogP contribution in [0.1, 0.15) is 56.4 Å². The number of rotatable bonds is 4. The number of amides is 2. The quantitative estimate of drug-likeness (QED) is 0.795. The zero-order valence-electron chi connectivity index (χ0n) is 14.4. The third-order valence-corrected chi connectivity index (χ3v) is 5.20. The van der Waals surface area contributed by atoms with E-state index in [1.54, 1.807) is 19.1 Å². The van der Waals surface area contributed by atoms with Crippen LogP contribution in [0.5, 0.6) is 11.5 Å². The lowest BCUT2D eigenvalue weighted by Crippen LogP contribution is -2.49. The van der Waals surface area contributed by atoms with E-state index in [1.807, 2.05) is 18.2 Å². The molecule has 1 aliphatic heterocycles. The zero-order chi connectivity index (χ0) is 17.1. The van der Waals surface area contributed by atoms with E-state index in [-0.39, 0.29) is 23.8 Å². The van der Waals surface area contributed by atoms with Gasteiger partial charge in [0.2, 0.25) is 11.8 Å². The fourth-order valence-electron chi connectivity index (χ4n) is 3.92. The lowest BCUT2D eigenvalue weighted by atomic mass is 9.85. The number of likely N-dealkylation sites (tertiary alicyclic amines) is 1. The van der Waals surface area contributed by atoms with Gasteiger partial charge in [0.05, 0.1) is 14.2 Å². The molecule has 1 aromatic carbocycles. The number of piperidine rings is 1. The van der Waals surface area contributed by atoms with Crippen molar-refractivity contribution in [1.29, 1.82) is 0 Å². The van der Waals surface area contributed by atoms with Crippen LogP contribution in [0.25, 0.3) is 0 Å². The highest BCUT2D eigenvalue weighted by Gasteiger charge is 2.37. The van der Waals surface area contributed by atoms with Gasteiger partial charge in [0.25, 0.3) is 0 Å². The molecule has 1 aromatic rings. The lowest BCUT2D eigenvalue weighted by Gasteiger charge is -2.37. The molecule has 0 N–H and O–H groups in total. The summed E-state index contributed by atoms with van der Waals surface area (Å²) in [6.07, 6.45) is 6.12.